The molecule has 0 aliphatic carbocycles. The Morgan fingerprint density at radius 2 is 1.87 bits per heavy atom. The zero-order chi connectivity index (χ0) is 11.3. The molecule has 0 saturated carbocycles. The lowest BCUT2D eigenvalue weighted by Gasteiger charge is -1.99. The molecule has 15 heavy (non-hydrogen) atoms. The number of aldehydes is 1. The van der Waals surface area contributed by atoms with Gasteiger partial charge in [-0.15, -0.1) is 0 Å². The van der Waals surface area contributed by atoms with Gasteiger partial charge in [-0.25, -0.2) is 4.79 Å². The van der Waals surface area contributed by atoms with E-state index in [4.69, 9.17) is 0 Å². The van der Waals surface area contributed by atoms with Crippen LogP contribution in [-0.2, 0) is 9.53 Å². The van der Waals surface area contributed by atoms with E-state index in [-0.39, 0.29) is 5.97 Å². The average molecular weight is 204 g/mol. The standard InChI is InChI=1S/C12H12O3/c1-9(8-13)7-10-3-5-11(6-4-10)12(14)15-2/h3-8H,1-2H3/b9-7+. The van der Waals surface area contributed by atoms with Gasteiger partial charge in [-0.1, -0.05) is 12.1 Å². The first-order valence-corrected chi connectivity index (χ1v) is 4.49. The van der Waals surface area contributed by atoms with Crippen LogP contribution in [0.4, 0.5) is 0 Å². The highest BCUT2D eigenvalue weighted by molar-refractivity contribution is 5.89. The molecule has 0 heterocycles. The summed E-state index contributed by atoms with van der Waals surface area (Å²) in [5.41, 5.74) is 2.02. The van der Waals surface area contributed by atoms with Crippen LogP contribution < -0.4 is 0 Å². The third-order valence-corrected chi connectivity index (χ3v) is 1.91. The summed E-state index contributed by atoms with van der Waals surface area (Å²) in [6.45, 7) is 1.72. The van der Waals surface area contributed by atoms with E-state index in [0.717, 1.165) is 11.8 Å². The minimum atomic E-state index is -0.363. The zero-order valence-corrected chi connectivity index (χ0v) is 8.69. The predicted octanol–water partition coefficient (Wildman–Crippen LogP) is 2.08. The van der Waals surface area contributed by atoms with Gasteiger partial charge in [0.2, 0.25) is 0 Å². The van der Waals surface area contributed by atoms with Crippen LogP contribution in [0.2, 0.25) is 0 Å². The molecule has 0 amide bonds. The summed E-state index contributed by atoms with van der Waals surface area (Å²) < 4.78 is 4.57. The van der Waals surface area contributed by atoms with E-state index < -0.39 is 0 Å². The van der Waals surface area contributed by atoms with Crippen molar-refractivity contribution in [2.75, 3.05) is 7.11 Å². The lowest BCUT2D eigenvalue weighted by atomic mass is 10.1. The maximum absolute atomic E-state index is 11.1. The normalized spacial score (nSPS) is 10.9. The Morgan fingerprint density at radius 1 is 1.27 bits per heavy atom. The van der Waals surface area contributed by atoms with Gasteiger partial charge >= 0.3 is 5.97 Å². The number of methoxy groups -OCH3 is 1. The summed E-state index contributed by atoms with van der Waals surface area (Å²) >= 11 is 0. The lowest BCUT2D eigenvalue weighted by molar-refractivity contribution is -0.104. The Morgan fingerprint density at radius 3 is 2.33 bits per heavy atom. The van der Waals surface area contributed by atoms with Crippen molar-refractivity contribution in [3.63, 3.8) is 0 Å². The van der Waals surface area contributed by atoms with Gasteiger partial charge in [0.05, 0.1) is 12.7 Å². The molecule has 0 bridgehead atoms. The molecule has 0 aromatic heterocycles. The Labute approximate surface area is 88.4 Å². The van der Waals surface area contributed by atoms with Gasteiger partial charge in [0.25, 0.3) is 0 Å². The molecule has 0 aliphatic heterocycles. The van der Waals surface area contributed by atoms with Crippen LogP contribution in [-0.4, -0.2) is 19.4 Å². The fraction of sp³-hybridized carbons (Fsp3) is 0.167. The summed E-state index contributed by atoms with van der Waals surface area (Å²) in [6, 6.07) is 6.85. The number of hydrogen-bond donors (Lipinski definition) is 0. The van der Waals surface area contributed by atoms with E-state index in [2.05, 4.69) is 4.74 Å². The van der Waals surface area contributed by atoms with Gasteiger partial charge in [0.1, 0.15) is 6.29 Å². The molecular formula is C12H12O3. The summed E-state index contributed by atoms with van der Waals surface area (Å²) in [7, 11) is 1.34. The largest absolute Gasteiger partial charge is 0.465 e. The van der Waals surface area contributed by atoms with Crippen LogP contribution in [0.3, 0.4) is 0 Å². The Bertz CT molecular complexity index is 388. The van der Waals surface area contributed by atoms with E-state index >= 15 is 0 Å². The Kier molecular flexibility index (Phi) is 3.80. The third kappa shape index (κ3) is 3.06. The quantitative estimate of drug-likeness (QED) is 0.430. The van der Waals surface area contributed by atoms with Crippen molar-refractivity contribution in [3.8, 4) is 0 Å². The predicted molar refractivity (Wildman–Crippen MR) is 57.5 cm³/mol. The summed E-state index contributed by atoms with van der Waals surface area (Å²) in [5, 5.41) is 0. The second-order valence-electron chi connectivity index (χ2n) is 3.12. The highest BCUT2D eigenvalue weighted by Gasteiger charge is 2.03. The molecule has 0 aliphatic rings. The molecule has 0 atom stereocenters. The molecule has 0 N–H and O–H groups in total. The minimum absolute atomic E-state index is 0.363. The van der Waals surface area contributed by atoms with Gasteiger partial charge in [-0.3, -0.25) is 4.79 Å². The number of carbonyl (C=O) groups is 2. The molecular weight excluding hydrogens is 192 g/mol. The number of ether oxygens (including phenoxy) is 1. The van der Waals surface area contributed by atoms with Crippen molar-refractivity contribution in [1.29, 1.82) is 0 Å². The van der Waals surface area contributed by atoms with Gasteiger partial charge in [0.15, 0.2) is 0 Å². The van der Waals surface area contributed by atoms with Crippen molar-refractivity contribution in [1.82, 2.24) is 0 Å². The minimum Gasteiger partial charge on any atom is -0.465 e. The lowest BCUT2D eigenvalue weighted by Crippen LogP contribution is -2.00. The van der Waals surface area contributed by atoms with Crippen LogP contribution >= 0.6 is 0 Å². The molecule has 1 aromatic rings. The molecule has 0 radical (unpaired) electrons. The topological polar surface area (TPSA) is 43.4 Å². The monoisotopic (exact) mass is 204 g/mol. The summed E-state index contributed by atoms with van der Waals surface area (Å²) in [6.07, 6.45) is 2.53. The van der Waals surface area contributed by atoms with Crippen molar-refractivity contribution < 1.29 is 14.3 Å². The van der Waals surface area contributed by atoms with Crippen molar-refractivity contribution >= 4 is 18.3 Å². The molecule has 0 unspecified atom stereocenters. The number of esters is 1. The van der Waals surface area contributed by atoms with Crippen molar-refractivity contribution in [2.24, 2.45) is 0 Å². The van der Waals surface area contributed by atoms with Crippen LogP contribution in [0, 0.1) is 0 Å². The van der Waals surface area contributed by atoms with E-state index in [9.17, 15) is 9.59 Å². The molecule has 1 aromatic carbocycles. The highest BCUT2D eigenvalue weighted by atomic mass is 16.5. The molecule has 3 heteroatoms. The smallest absolute Gasteiger partial charge is 0.337 e. The van der Waals surface area contributed by atoms with Gasteiger partial charge < -0.3 is 4.74 Å². The maximum Gasteiger partial charge on any atom is 0.337 e. The molecule has 0 fully saturated rings. The van der Waals surface area contributed by atoms with E-state index in [1.807, 2.05) is 0 Å². The average Bonchev–Trinajstić information content (AvgIpc) is 2.29. The summed E-state index contributed by atoms with van der Waals surface area (Å²) in [4.78, 5) is 21.5. The Balaban J connectivity index is 2.90. The van der Waals surface area contributed by atoms with E-state index in [1.54, 1.807) is 37.3 Å². The van der Waals surface area contributed by atoms with E-state index in [0.29, 0.717) is 11.1 Å². The number of hydrogen-bond acceptors (Lipinski definition) is 3. The maximum atomic E-state index is 11.1. The Hall–Kier alpha value is -1.90. The molecule has 0 spiro atoms. The number of benzene rings is 1. The van der Waals surface area contributed by atoms with Crippen LogP contribution in [0.15, 0.2) is 29.8 Å². The van der Waals surface area contributed by atoms with E-state index in [1.165, 1.54) is 7.11 Å². The van der Waals surface area contributed by atoms with Gasteiger partial charge in [0, 0.05) is 0 Å². The number of carbonyl (C=O) groups excluding carboxylic acids is 2. The number of rotatable bonds is 3. The molecule has 0 saturated heterocycles. The van der Waals surface area contributed by atoms with Crippen LogP contribution in [0.1, 0.15) is 22.8 Å². The second-order valence-corrected chi connectivity index (χ2v) is 3.12. The zero-order valence-electron chi connectivity index (χ0n) is 8.69. The summed E-state index contributed by atoms with van der Waals surface area (Å²) in [5.74, 6) is -0.363. The van der Waals surface area contributed by atoms with Crippen molar-refractivity contribution in [2.45, 2.75) is 6.92 Å². The molecule has 78 valence electrons. The van der Waals surface area contributed by atoms with Crippen LogP contribution in [0.25, 0.3) is 6.08 Å². The third-order valence-electron chi connectivity index (χ3n) is 1.91. The first-order valence-electron chi connectivity index (χ1n) is 4.49. The SMILES string of the molecule is COC(=O)c1ccc(/C=C(\C)C=O)cc1. The van der Waals surface area contributed by atoms with Crippen LogP contribution in [0.5, 0.6) is 0 Å². The fourth-order valence-electron chi connectivity index (χ4n) is 1.13. The number of allylic oxidation sites excluding steroid dienone is 1. The highest BCUT2D eigenvalue weighted by Crippen LogP contribution is 2.08. The van der Waals surface area contributed by atoms with Gasteiger partial charge in [-0.05, 0) is 36.3 Å². The fourth-order valence-corrected chi connectivity index (χ4v) is 1.13. The molecule has 1 rings (SSSR count). The molecule has 3 nitrogen and oxygen atoms in total. The second kappa shape index (κ2) is 5.10. The first kappa shape index (κ1) is 11.2. The first-order chi connectivity index (χ1) is 7.17. The van der Waals surface area contributed by atoms with Gasteiger partial charge in [-0.2, -0.15) is 0 Å². The van der Waals surface area contributed by atoms with Crippen molar-refractivity contribution in [3.05, 3.63) is 41.0 Å².